The maximum atomic E-state index is 6.10. The van der Waals surface area contributed by atoms with Gasteiger partial charge in [-0.05, 0) is 30.3 Å². The van der Waals surface area contributed by atoms with Gasteiger partial charge < -0.3 is 14.0 Å². The van der Waals surface area contributed by atoms with Crippen LogP contribution in [0, 0.1) is 0 Å². The molecule has 0 aliphatic carbocycles. The predicted octanol–water partition coefficient (Wildman–Crippen LogP) is 4.74. The minimum atomic E-state index is 0.128. The van der Waals surface area contributed by atoms with Crippen molar-refractivity contribution in [3.05, 3.63) is 57.9 Å². The van der Waals surface area contributed by atoms with E-state index in [0.717, 1.165) is 10.0 Å². The van der Waals surface area contributed by atoms with Crippen molar-refractivity contribution < 1.29 is 14.0 Å². The van der Waals surface area contributed by atoms with Crippen LogP contribution in [0.25, 0.3) is 11.4 Å². The topological polar surface area (TPSA) is 57.4 Å². The Morgan fingerprint density at radius 3 is 2.78 bits per heavy atom. The van der Waals surface area contributed by atoms with E-state index in [0.29, 0.717) is 28.2 Å². The van der Waals surface area contributed by atoms with Crippen molar-refractivity contribution in [2.75, 3.05) is 7.11 Å². The van der Waals surface area contributed by atoms with Crippen molar-refractivity contribution in [2.45, 2.75) is 6.61 Å². The third kappa shape index (κ3) is 3.65. The molecule has 0 N–H and O–H groups in total. The van der Waals surface area contributed by atoms with E-state index >= 15 is 0 Å². The molecule has 0 unspecified atom stereocenters. The second-order valence-electron chi connectivity index (χ2n) is 4.58. The maximum absolute atomic E-state index is 6.10. The van der Waals surface area contributed by atoms with Gasteiger partial charge in [0.2, 0.25) is 5.82 Å². The van der Waals surface area contributed by atoms with E-state index in [-0.39, 0.29) is 6.61 Å². The Morgan fingerprint density at radius 1 is 1.17 bits per heavy atom. The third-order valence-electron chi connectivity index (χ3n) is 3.06. The minimum Gasteiger partial charge on any atom is -0.496 e. The molecule has 0 aliphatic rings. The Bertz CT molecular complexity index is 823. The molecule has 0 saturated heterocycles. The van der Waals surface area contributed by atoms with Gasteiger partial charge in [-0.15, -0.1) is 0 Å². The number of hydrogen-bond donors (Lipinski definition) is 0. The van der Waals surface area contributed by atoms with Crippen molar-refractivity contribution in [3.8, 4) is 22.9 Å². The van der Waals surface area contributed by atoms with Crippen LogP contribution in [0.15, 0.2) is 51.5 Å². The molecule has 0 spiro atoms. The van der Waals surface area contributed by atoms with E-state index < -0.39 is 0 Å². The highest BCUT2D eigenvalue weighted by atomic mass is 79.9. The number of halogens is 2. The normalized spacial score (nSPS) is 10.6. The molecule has 0 atom stereocenters. The molecule has 0 radical (unpaired) electrons. The standard InChI is InChI=1S/C16H12BrClN2O3/c1-21-13-5-3-2-4-11(13)16-19-15(23-20-16)9-22-14-7-6-10(17)8-12(14)18/h2-8H,9H2,1H3. The summed E-state index contributed by atoms with van der Waals surface area (Å²) < 4.78 is 17.0. The molecule has 0 aliphatic heterocycles. The first-order chi connectivity index (χ1) is 11.2. The van der Waals surface area contributed by atoms with E-state index in [9.17, 15) is 0 Å². The highest BCUT2D eigenvalue weighted by Crippen LogP contribution is 2.29. The van der Waals surface area contributed by atoms with Gasteiger partial charge in [0.25, 0.3) is 5.89 Å². The van der Waals surface area contributed by atoms with Crippen LogP contribution in [0.5, 0.6) is 11.5 Å². The van der Waals surface area contributed by atoms with Crippen LogP contribution < -0.4 is 9.47 Å². The van der Waals surface area contributed by atoms with Crippen LogP contribution in [0.2, 0.25) is 5.02 Å². The maximum Gasteiger partial charge on any atom is 0.264 e. The molecule has 0 fully saturated rings. The van der Waals surface area contributed by atoms with Gasteiger partial charge in [-0.1, -0.05) is 44.8 Å². The van der Waals surface area contributed by atoms with Gasteiger partial charge >= 0.3 is 0 Å². The molecule has 118 valence electrons. The fourth-order valence-electron chi connectivity index (χ4n) is 1.98. The summed E-state index contributed by atoms with van der Waals surface area (Å²) in [5.41, 5.74) is 0.756. The van der Waals surface area contributed by atoms with Crippen molar-refractivity contribution >= 4 is 27.5 Å². The number of para-hydroxylation sites is 1. The zero-order valence-electron chi connectivity index (χ0n) is 12.1. The summed E-state index contributed by atoms with van der Waals surface area (Å²) in [6, 6.07) is 12.8. The summed E-state index contributed by atoms with van der Waals surface area (Å²) in [5, 5.41) is 4.46. The molecule has 3 aromatic rings. The molecule has 1 aromatic heterocycles. The molecular weight excluding hydrogens is 384 g/mol. The van der Waals surface area contributed by atoms with E-state index in [1.165, 1.54) is 0 Å². The zero-order chi connectivity index (χ0) is 16.2. The first-order valence-electron chi connectivity index (χ1n) is 6.71. The molecule has 5 nitrogen and oxygen atoms in total. The molecule has 3 rings (SSSR count). The van der Waals surface area contributed by atoms with Gasteiger partial charge in [0, 0.05) is 4.47 Å². The molecule has 1 heterocycles. The van der Waals surface area contributed by atoms with E-state index in [4.69, 9.17) is 25.6 Å². The summed E-state index contributed by atoms with van der Waals surface area (Å²) in [5.74, 6) is 2.02. The molecule has 23 heavy (non-hydrogen) atoms. The van der Waals surface area contributed by atoms with Crippen molar-refractivity contribution in [1.29, 1.82) is 0 Å². The van der Waals surface area contributed by atoms with Gasteiger partial charge in [0.15, 0.2) is 6.61 Å². The van der Waals surface area contributed by atoms with Gasteiger partial charge in [-0.25, -0.2) is 0 Å². The molecule has 7 heteroatoms. The van der Waals surface area contributed by atoms with Gasteiger partial charge in [-0.2, -0.15) is 4.98 Å². The first-order valence-corrected chi connectivity index (χ1v) is 7.88. The second kappa shape index (κ2) is 7.02. The molecule has 0 bridgehead atoms. The smallest absolute Gasteiger partial charge is 0.264 e. The van der Waals surface area contributed by atoms with Crippen LogP contribution in [-0.4, -0.2) is 17.3 Å². The van der Waals surface area contributed by atoms with E-state index in [1.807, 2.05) is 30.3 Å². The van der Waals surface area contributed by atoms with E-state index in [2.05, 4.69) is 26.1 Å². The monoisotopic (exact) mass is 394 g/mol. The fourth-order valence-corrected chi connectivity index (χ4v) is 2.71. The Hall–Kier alpha value is -2.05. The summed E-state index contributed by atoms with van der Waals surface area (Å²) in [6.45, 7) is 0.128. The van der Waals surface area contributed by atoms with Gasteiger partial charge in [0.05, 0.1) is 17.7 Å². The highest BCUT2D eigenvalue weighted by Gasteiger charge is 2.13. The van der Waals surface area contributed by atoms with Gasteiger partial charge in [-0.3, -0.25) is 0 Å². The minimum absolute atomic E-state index is 0.128. The third-order valence-corrected chi connectivity index (χ3v) is 3.85. The summed E-state index contributed by atoms with van der Waals surface area (Å²) in [7, 11) is 1.60. The Morgan fingerprint density at radius 2 is 2.00 bits per heavy atom. The fraction of sp³-hybridized carbons (Fsp3) is 0.125. The van der Waals surface area contributed by atoms with Crippen LogP contribution in [-0.2, 0) is 6.61 Å². The molecule has 0 amide bonds. The molecule has 2 aromatic carbocycles. The van der Waals surface area contributed by atoms with Crippen molar-refractivity contribution in [3.63, 3.8) is 0 Å². The number of ether oxygens (including phenoxy) is 2. The van der Waals surface area contributed by atoms with Gasteiger partial charge in [0.1, 0.15) is 11.5 Å². The number of aromatic nitrogens is 2. The lowest BCUT2D eigenvalue weighted by atomic mass is 10.2. The molecular formula is C16H12BrClN2O3. The lowest BCUT2D eigenvalue weighted by Crippen LogP contribution is -1.96. The summed E-state index contributed by atoms with van der Waals surface area (Å²) >= 11 is 9.44. The lowest BCUT2D eigenvalue weighted by molar-refractivity contribution is 0.243. The largest absolute Gasteiger partial charge is 0.496 e. The first kappa shape index (κ1) is 15.8. The zero-order valence-corrected chi connectivity index (χ0v) is 14.5. The number of rotatable bonds is 5. The highest BCUT2D eigenvalue weighted by molar-refractivity contribution is 9.10. The number of nitrogens with zero attached hydrogens (tertiary/aromatic N) is 2. The SMILES string of the molecule is COc1ccccc1-c1noc(COc2ccc(Br)cc2Cl)n1. The average Bonchev–Trinajstić information content (AvgIpc) is 3.03. The van der Waals surface area contributed by atoms with Crippen molar-refractivity contribution in [2.24, 2.45) is 0 Å². The predicted molar refractivity (Wildman–Crippen MR) is 89.8 cm³/mol. The average molecular weight is 396 g/mol. The summed E-state index contributed by atoms with van der Waals surface area (Å²) in [6.07, 6.45) is 0. The van der Waals surface area contributed by atoms with Crippen LogP contribution in [0.1, 0.15) is 5.89 Å². The van der Waals surface area contributed by atoms with Crippen LogP contribution in [0.3, 0.4) is 0 Å². The number of hydrogen-bond acceptors (Lipinski definition) is 5. The summed E-state index contributed by atoms with van der Waals surface area (Å²) in [4.78, 5) is 4.32. The Labute approximate surface area is 146 Å². The van der Waals surface area contributed by atoms with Crippen molar-refractivity contribution in [1.82, 2.24) is 10.1 Å². The molecule has 0 saturated carbocycles. The number of methoxy groups -OCH3 is 1. The number of benzene rings is 2. The quantitative estimate of drug-likeness (QED) is 0.624. The lowest BCUT2D eigenvalue weighted by Gasteiger charge is -2.05. The second-order valence-corrected chi connectivity index (χ2v) is 5.90. The van der Waals surface area contributed by atoms with Crippen LogP contribution >= 0.6 is 27.5 Å². The van der Waals surface area contributed by atoms with E-state index in [1.54, 1.807) is 19.2 Å². The Balaban J connectivity index is 1.75. The van der Waals surface area contributed by atoms with Crippen LogP contribution in [0.4, 0.5) is 0 Å². The Kier molecular flexibility index (Phi) is 4.83.